The molecule has 38 heavy (non-hydrogen) atoms. The molecule has 1 saturated carbocycles. The second-order valence-electron chi connectivity index (χ2n) is 11.0. The van der Waals surface area contributed by atoms with E-state index in [-0.39, 0.29) is 18.5 Å². The summed E-state index contributed by atoms with van der Waals surface area (Å²) in [5, 5.41) is 0. The van der Waals surface area contributed by atoms with E-state index in [9.17, 15) is 9.59 Å². The minimum atomic E-state index is -0.427. The maximum absolute atomic E-state index is 13.7. The van der Waals surface area contributed by atoms with Crippen LogP contribution >= 0.6 is 0 Å². The van der Waals surface area contributed by atoms with Crippen LogP contribution in [0.4, 0.5) is 0 Å². The van der Waals surface area contributed by atoms with E-state index in [2.05, 4.69) is 23.1 Å². The van der Waals surface area contributed by atoms with E-state index in [1.165, 1.54) is 18.4 Å². The van der Waals surface area contributed by atoms with Crippen LogP contribution in [0.3, 0.4) is 0 Å². The third-order valence-corrected chi connectivity index (χ3v) is 8.19. The molecule has 0 radical (unpaired) electrons. The topological polar surface area (TPSA) is 59.1 Å². The highest BCUT2D eigenvalue weighted by Gasteiger charge is 2.50. The van der Waals surface area contributed by atoms with E-state index in [1.54, 1.807) is 19.0 Å². The molecule has 0 N–H and O–H groups in total. The number of amides is 1. The van der Waals surface area contributed by atoms with Crippen molar-refractivity contribution < 1.29 is 19.1 Å². The van der Waals surface area contributed by atoms with E-state index >= 15 is 0 Å². The van der Waals surface area contributed by atoms with Gasteiger partial charge in [0.1, 0.15) is 5.78 Å². The number of likely N-dealkylation sites (tertiary alicyclic amines) is 1. The molecule has 1 saturated heterocycles. The number of hydrogen-bond donors (Lipinski definition) is 0. The van der Waals surface area contributed by atoms with Gasteiger partial charge in [0.2, 0.25) is 6.79 Å². The zero-order valence-corrected chi connectivity index (χ0v) is 22.2. The van der Waals surface area contributed by atoms with Crippen LogP contribution in [0.25, 0.3) is 11.1 Å². The van der Waals surface area contributed by atoms with E-state index in [4.69, 9.17) is 9.47 Å². The van der Waals surface area contributed by atoms with Gasteiger partial charge in [-0.15, -0.1) is 0 Å². The number of carbonyl (C=O) groups is 2. The second kappa shape index (κ2) is 9.91. The second-order valence-corrected chi connectivity index (χ2v) is 11.0. The van der Waals surface area contributed by atoms with Gasteiger partial charge in [0.05, 0.1) is 5.41 Å². The van der Waals surface area contributed by atoms with E-state index in [1.807, 2.05) is 42.5 Å². The summed E-state index contributed by atoms with van der Waals surface area (Å²) in [6, 6.07) is 20.3. The Labute approximate surface area is 224 Å². The quantitative estimate of drug-likeness (QED) is 0.416. The molecule has 6 rings (SSSR count). The minimum absolute atomic E-state index is 0.00793. The molecule has 196 valence electrons. The summed E-state index contributed by atoms with van der Waals surface area (Å²) in [6.07, 6.45) is 4.61. The van der Waals surface area contributed by atoms with Crippen molar-refractivity contribution in [2.75, 3.05) is 34.0 Å². The van der Waals surface area contributed by atoms with Crippen molar-refractivity contribution in [3.63, 3.8) is 0 Å². The molecular formula is C32H34N2O4. The fraction of sp³-hybridized carbons (Fsp3) is 0.375. The highest BCUT2D eigenvalue weighted by atomic mass is 16.7. The molecule has 0 unspecified atom stereocenters. The predicted octanol–water partition coefficient (Wildman–Crippen LogP) is 5.22. The number of rotatable bonds is 8. The van der Waals surface area contributed by atoms with Crippen molar-refractivity contribution in [1.82, 2.24) is 9.80 Å². The summed E-state index contributed by atoms with van der Waals surface area (Å²) in [6.45, 7) is 3.36. The average molecular weight is 511 g/mol. The standard InChI is InChI=1S/C32H34N2O4/c1-33(2)31(36)24-9-7-23(8-10-24)27-17-22(5-6-25(27)20-34-15-3-4-16-34)18-30(35)32(13-14-32)26-11-12-28-29(19-26)38-21-37-28/h5-12,17,19H,3-4,13-16,18,20-21H2,1-2H3. The summed E-state index contributed by atoms with van der Waals surface area (Å²) in [5.74, 6) is 1.72. The molecule has 0 spiro atoms. The lowest BCUT2D eigenvalue weighted by molar-refractivity contribution is -0.120. The maximum Gasteiger partial charge on any atom is 0.253 e. The fourth-order valence-corrected chi connectivity index (χ4v) is 5.77. The lowest BCUT2D eigenvalue weighted by Crippen LogP contribution is -2.23. The molecular weight excluding hydrogens is 476 g/mol. The van der Waals surface area contributed by atoms with Crippen molar-refractivity contribution >= 4 is 11.7 Å². The summed E-state index contributed by atoms with van der Waals surface area (Å²) < 4.78 is 11.0. The first-order valence-electron chi connectivity index (χ1n) is 13.5. The molecule has 0 bridgehead atoms. The lowest BCUT2D eigenvalue weighted by Gasteiger charge is -2.20. The first kappa shape index (κ1) is 24.7. The molecule has 2 fully saturated rings. The van der Waals surface area contributed by atoms with Crippen LogP contribution in [-0.4, -0.2) is 55.5 Å². The van der Waals surface area contributed by atoms with Crippen molar-refractivity contribution in [1.29, 1.82) is 0 Å². The summed E-state index contributed by atoms with van der Waals surface area (Å²) in [4.78, 5) is 30.2. The predicted molar refractivity (Wildman–Crippen MR) is 147 cm³/mol. The SMILES string of the molecule is CN(C)C(=O)c1ccc(-c2cc(CC(=O)C3(c4ccc5c(c4)OCO5)CC3)ccc2CN2CCCC2)cc1. The van der Waals surface area contributed by atoms with Gasteiger partial charge in [-0.25, -0.2) is 0 Å². The first-order valence-corrected chi connectivity index (χ1v) is 13.5. The zero-order valence-electron chi connectivity index (χ0n) is 22.2. The molecule has 6 heteroatoms. The van der Waals surface area contributed by atoms with Gasteiger partial charge in [-0.2, -0.15) is 0 Å². The normalized spacial score (nSPS) is 17.4. The Balaban J connectivity index is 1.28. The Bertz CT molecular complexity index is 1370. The summed E-state index contributed by atoms with van der Waals surface area (Å²) in [5.41, 5.74) is 5.76. The number of hydrogen-bond acceptors (Lipinski definition) is 5. The Kier molecular flexibility index (Phi) is 6.44. The van der Waals surface area contributed by atoms with Crippen LogP contribution in [0, 0.1) is 0 Å². The molecule has 3 aromatic rings. The van der Waals surface area contributed by atoms with Gasteiger partial charge in [-0.1, -0.05) is 36.4 Å². The Morgan fingerprint density at radius 2 is 1.63 bits per heavy atom. The molecule has 3 aromatic carbocycles. The van der Waals surface area contributed by atoms with Crippen LogP contribution in [0.2, 0.25) is 0 Å². The van der Waals surface area contributed by atoms with Gasteiger partial charge in [0.25, 0.3) is 5.91 Å². The van der Waals surface area contributed by atoms with Gasteiger partial charge in [-0.05, 0) is 90.9 Å². The van der Waals surface area contributed by atoms with Crippen molar-refractivity contribution in [3.05, 3.63) is 82.9 Å². The number of fused-ring (bicyclic) bond motifs is 1. The van der Waals surface area contributed by atoms with Crippen LogP contribution in [-0.2, 0) is 23.2 Å². The average Bonchev–Trinajstić information content (AvgIpc) is 3.33. The smallest absolute Gasteiger partial charge is 0.253 e. The van der Waals surface area contributed by atoms with Crippen molar-refractivity contribution in [3.8, 4) is 22.6 Å². The van der Waals surface area contributed by atoms with Crippen LogP contribution in [0.1, 0.15) is 52.7 Å². The lowest BCUT2D eigenvalue weighted by atomic mass is 9.86. The molecule has 3 aliphatic rings. The fourth-order valence-electron chi connectivity index (χ4n) is 5.77. The van der Waals surface area contributed by atoms with Crippen LogP contribution in [0.15, 0.2) is 60.7 Å². The molecule has 1 amide bonds. The number of carbonyl (C=O) groups excluding carboxylic acids is 2. The number of ketones is 1. The monoisotopic (exact) mass is 510 g/mol. The Morgan fingerprint density at radius 3 is 2.34 bits per heavy atom. The molecule has 2 aliphatic heterocycles. The van der Waals surface area contributed by atoms with Gasteiger partial charge in [0, 0.05) is 32.6 Å². The first-order chi connectivity index (χ1) is 18.4. The molecule has 6 nitrogen and oxygen atoms in total. The minimum Gasteiger partial charge on any atom is -0.454 e. The highest BCUT2D eigenvalue weighted by molar-refractivity contribution is 5.95. The van der Waals surface area contributed by atoms with E-state index in [0.29, 0.717) is 12.0 Å². The maximum atomic E-state index is 13.7. The van der Waals surface area contributed by atoms with Gasteiger partial charge in [0.15, 0.2) is 11.5 Å². The number of nitrogens with zero attached hydrogens (tertiary/aromatic N) is 2. The third kappa shape index (κ3) is 4.69. The third-order valence-electron chi connectivity index (χ3n) is 8.19. The Morgan fingerprint density at radius 1 is 0.895 bits per heavy atom. The van der Waals surface area contributed by atoms with Gasteiger partial charge >= 0.3 is 0 Å². The van der Waals surface area contributed by atoms with Crippen molar-refractivity contribution in [2.24, 2.45) is 0 Å². The van der Waals surface area contributed by atoms with Crippen molar-refractivity contribution in [2.45, 2.75) is 44.1 Å². The van der Waals surface area contributed by atoms with Crippen LogP contribution in [0.5, 0.6) is 11.5 Å². The number of Topliss-reactive ketones (excluding diaryl/α,β-unsaturated/α-hetero) is 1. The largest absolute Gasteiger partial charge is 0.454 e. The molecule has 0 aromatic heterocycles. The molecule has 2 heterocycles. The molecule has 0 atom stereocenters. The van der Waals surface area contributed by atoms with E-state index < -0.39 is 5.41 Å². The highest BCUT2D eigenvalue weighted by Crippen LogP contribution is 2.51. The van der Waals surface area contributed by atoms with Gasteiger partial charge < -0.3 is 14.4 Å². The Hall–Kier alpha value is -3.64. The summed E-state index contributed by atoms with van der Waals surface area (Å²) in [7, 11) is 3.53. The van der Waals surface area contributed by atoms with E-state index in [0.717, 1.165) is 66.2 Å². The summed E-state index contributed by atoms with van der Waals surface area (Å²) >= 11 is 0. The zero-order chi connectivity index (χ0) is 26.3. The number of benzene rings is 3. The number of ether oxygens (including phenoxy) is 2. The van der Waals surface area contributed by atoms with Crippen LogP contribution < -0.4 is 9.47 Å². The molecule has 1 aliphatic carbocycles. The van der Waals surface area contributed by atoms with Gasteiger partial charge in [-0.3, -0.25) is 14.5 Å².